The van der Waals surface area contributed by atoms with Gasteiger partial charge < -0.3 is 10.4 Å². The number of rotatable bonds is 4. The number of hydrogen-bond donors (Lipinski definition) is 2. The van der Waals surface area contributed by atoms with Crippen molar-refractivity contribution in [3.05, 3.63) is 68.3 Å². The SMILES string of the molecule is Cc1cc(C)c(NC(=O)c2cccc([N+](=O)[O-])c2C(=O)O)cc1C. The average molecular weight is 328 g/mol. The van der Waals surface area contributed by atoms with Crippen LogP contribution in [-0.4, -0.2) is 21.9 Å². The van der Waals surface area contributed by atoms with Crippen molar-refractivity contribution in [2.75, 3.05) is 5.32 Å². The van der Waals surface area contributed by atoms with Crippen LogP contribution in [0.15, 0.2) is 30.3 Å². The summed E-state index contributed by atoms with van der Waals surface area (Å²) >= 11 is 0. The third-order valence-corrected chi connectivity index (χ3v) is 3.79. The van der Waals surface area contributed by atoms with Gasteiger partial charge in [-0.15, -0.1) is 0 Å². The summed E-state index contributed by atoms with van der Waals surface area (Å²) in [7, 11) is 0. The molecule has 0 aromatic heterocycles. The predicted octanol–water partition coefficient (Wildman–Crippen LogP) is 3.47. The lowest BCUT2D eigenvalue weighted by atomic mass is 10.0. The summed E-state index contributed by atoms with van der Waals surface area (Å²) in [5.41, 5.74) is 1.88. The van der Waals surface area contributed by atoms with Crippen molar-refractivity contribution in [2.45, 2.75) is 20.8 Å². The van der Waals surface area contributed by atoms with Crippen molar-refractivity contribution >= 4 is 23.3 Å². The van der Waals surface area contributed by atoms with E-state index in [1.165, 1.54) is 12.1 Å². The Morgan fingerprint density at radius 3 is 2.29 bits per heavy atom. The van der Waals surface area contributed by atoms with Crippen LogP contribution in [0.25, 0.3) is 0 Å². The number of nitro groups is 1. The van der Waals surface area contributed by atoms with E-state index < -0.39 is 28.1 Å². The molecule has 0 bridgehead atoms. The quantitative estimate of drug-likeness (QED) is 0.659. The molecule has 0 heterocycles. The summed E-state index contributed by atoms with van der Waals surface area (Å²) in [6.45, 7) is 5.64. The number of nitrogens with one attached hydrogen (secondary N) is 1. The summed E-state index contributed by atoms with van der Waals surface area (Å²) in [5, 5.41) is 22.9. The highest BCUT2D eigenvalue weighted by molar-refractivity contribution is 6.12. The molecule has 0 atom stereocenters. The maximum absolute atomic E-state index is 12.5. The minimum absolute atomic E-state index is 0.255. The number of hydrogen-bond acceptors (Lipinski definition) is 4. The van der Waals surface area contributed by atoms with E-state index in [0.717, 1.165) is 22.8 Å². The first-order valence-corrected chi connectivity index (χ1v) is 7.12. The Hall–Kier alpha value is -3.22. The first-order chi connectivity index (χ1) is 11.2. The van der Waals surface area contributed by atoms with E-state index in [9.17, 15) is 24.8 Å². The smallest absolute Gasteiger partial charge is 0.343 e. The van der Waals surface area contributed by atoms with Crippen LogP contribution in [0.1, 0.15) is 37.4 Å². The number of carbonyl (C=O) groups excluding carboxylic acids is 1. The Kier molecular flexibility index (Phi) is 4.64. The monoisotopic (exact) mass is 328 g/mol. The number of carboxylic acid groups (broad SMARTS) is 1. The molecule has 2 rings (SSSR count). The molecular formula is C17H16N2O5. The average Bonchev–Trinajstić information content (AvgIpc) is 2.51. The van der Waals surface area contributed by atoms with Gasteiger partial charge in [-0.2, -0.15) is 0 Å². The fraction of sp³-hybridized carbons (Fsp3) is 0.176. The van der Waals surface area contributed by atoms with Crippen LogP contribution in [-0.2, 0) is 0 Å². The van der Waals surface area contributed by atoms with Crippen LogP contribution in [0.2, 0.25) is 0 Å². The van der Waals surface area contributed by atoms with E-state index in [1.807, 2.05) is 26.8 Å². The fourth-order valence-electron chi connectivity index (χ4n) is 2.39. The zero-order valence-corrected chi connectivity index (χ0v) is 13.4. The molecule has 2 aromatic carbocycles. The van der Waals surface area contributed by atoms with Gasteiger partial charge >= 0.3 is 5.97 Å². The Bertz CT molecular complexity index is 858. The standard InChI is InChI=1S/C17H16N2O5/c1-9-7-11(3)13(8-10(9)2)18-16(20)12-5-4-6-14(19(23)24)15(12)17(21)22/h4-8H,1-3H3,(H,18,20)(H,21,22). The number of anilines is 1. The highest BCUT2D eigenvalue weighted by Gasteiger charge is 2.27. The lowest BCUT2D eigenvalue weighted by molar-refractivity contribution is -0.385. The molecule has 124 valence electrons. The topological polar surface area (TPSA) is 110 Å². The third kappa shape index (κ3) is 3.24. The van der Waals surface area contributed by atoms with Gasteiger partial charge in [0.2, 0.25) is 0 Å². The largest absolute Gasteiger partial charge is 0.477 e. The zero-order chi connectivity index (χ0) is 18.0. The van der Waals surface area contributed by atoms with Gasteiger partial charge in [-0.05, 0) is 49.6 Å². The molecule has 0 aliphatic carbocycles. The number of aryl methyl sites for hydroxylation is 3. The van der Waals surface area contributed by atoms with Crippen molar-refractivity contribution in [3.8, 4) is 0 Å². The van der Waals surface area contributed by atoms with E-state index in [2.05, 4.69) is 5.32 Å². The van der Waals surface area contributed by atoms with Crippen LogP contribution in [0.4, 0.5) is 11.4 Å². The summed E-state index contributed by atoms with van der Waals surface area (Å²) < 4.78 is 0. The normalized spacial score (nSPS) is 10.3. The molecule has 0 fully saturated rings. The molecule has 0 unspecified atom stereocenters. The number of nitrogens with zero attached hydrogens (tertiary/aromatic N) is 1. The second kappa shape index (κ2) is 6.49. The fourth-order valence-corrected chi connectivity index (χ4v) is 2.39. The lowest BCUT2D eigenvalue weighted by Gasteiger charge is -2.12. The highest BCUT2D eigenvalue weighted by Crippen LogP contribution is 2.25. The van der Waals surface area contributed by atoms with Gasteiger partial charge in [0.25, 0.3) is 11.6 Å². The molecule has 1 amide bonds. The number of carboxylic acids is 1. The Morgan fingerprint density at radius 2 is 1.71 bits per heavy atom. The molecule has 7 nitrogen and oxygen atoms in total. The van der Waals surface area contributed by atoms with E-state index in [1.54, 1.807) is 6.07 Å². The molecule has 0 spiro atoms. The van der Waals surface area contributed by atoms with Gasteiger partial charge in [0, 0.05) is 11.8 Å². The first kappa shape index (κ1) is 17.1. The van der Waals surface area contributed by atoms with Crippen molar-refractivity contribution in [1.82, 2.24) is 0 Å². The van der Waals surface area contributed by atoms with Crippen LogP contribution < -0.4 is 5.32 Å². The van der Waals surface area contributed by atoms with Gasteiger partial charge in [0.05, 0.1) is 10.5 Å². The number of nitro benzene ring substituents is 1. The summed E-state index contributed by atoms with van der Waals surface area (Å²) in [5.74, 6) is -2.23. The van der Waals surface area contributed by atoms with Crippen LogP contribution in [0.3, 0.4) is 0 Å². The van der Waals surface area contributed by atoms with Crippen molar-refractivity contribution in [3.63, 3.8) is 0 Å². The van der Waals surface area contributed by atoms with Gasteiger partial charge in [0.1, 0.15) is 5.56 Å². The maximum atomic E-state index is 12.5. The summed E-state index contributed by atoms with van der Waals surface area (Å²) in [4.78, 5) is 34.0. The summed E-state index contributed by atoms with van der Waals surface area (Å²) in [6, 6.07) is 7.27. The molecule has 0 aliphatic rings. The second-order valence-electron chi connectivity index (χ2n) is 5.47. The number of aromatic carboxylic acids is 1. The van der Waals surface area contributed by atoms with Crippen LogP contribution in [0.5, 0.6) is 0 Å². The molecule has 0 saturated carbocycles. The minimum Gasteiger partial charge on any atom is -0.477 e. The van der Waals surface area contributed by atoms with E-state index in [4.69, 9.17) is 0 Å². The molecule has 24 heavy (non-hydrogen) atoms. The molecule has 0 aliphatic heterocycles. The zero-order valence-electron chi connectivity index (χ0n) is 13.4. The first-order valence-electron chi connectivity index (χ1n) is 7.12. The Labute approximate surface area is 138 Å². The second-order valence-corrected chi connectivity index (χ2v) is 5.47. The van der Waals surface area contributed by atoms with Gasteiger partial charge in [-0.1, -0.05) is 12.1 Å². The van der Waals surface area contributed by atoms with E-state index in [-0.39, 0.29) is 5.56 Å². The molecule has 0 saturated heterocycles. The highest BCUT2D eigenvalue weighted by atomic mass is 16.6. The number of amides is 1. The maximum Gasteiger partial charge on any atom is 0.343 e. The minimum atomic E-state index is -1.52. The van der Waals surface area contributed by atoms with Crippen molar-refractivity contribution in [2.24, 2.45) is 0 Å². The van der Waals surface area contributed by atoms with Crippen LogP contribution in [0, 0.1) is 30.9 Å². The molecule has 7 heteroatoms. The molecule has 2 N–H and O–H groups in total. The Morgan fingerprint density at radius 1 is 1.08 bits per heavy atom. The third-order valence-electron chi connectivity index (χ3n) is 3.79. The molecular weight excluding hydrogens is 312 g/mol. The van der Waals surface area contributed by atoms with Crippen LogP contribution >= 0.6 is 0 Å². The Balaban J connectivity index is 2.48. The number of benzene rings is 2. The van der Waals surface area contributed by atoms with E-state index in [0.29, 0.717) is 5.69 Å². The molecule has 0 radical (unpaired) electrons. The number of carbonyl (C=O) groups is 2. The van der Waals surface area contributed by atoms with Gasteiger partial charge in [0.15, 0.2) is 0 Å². The van der Waals surface area contributed by atoms with E-state index >= 15 is 0 Å². The van der Waals surface area contributed by atoms with Gasteiger partial charge in [-0.3, -0.25) is 14.9 Å². The van der Waals surface area contributed by atoms with Gasteiger partial charge in [-0.25, -0.2) is 4.79 Å². The predicted molar refractivity (Wildman–Crippen MR) is 88.7 cm³/mol. The summed E-state index contributed by atoms with van der Waals surface area (Å²) in [6.07, 6.45) is 0. The molecule has 2 aromatic rings. The lowest BCUT2D eigenvalue weighted by Crippen LogP contribution is -2.18. The van der Waals surface area contributed by atoms with Crippen molar-refractivity contribution < 1.29 is 19.6 Å². The van der Waals surface area contributed by atoms with Crippen molar-refractivity contribution in [1.29, 1.82) is 0 Å².